The molecule has 0 unspecified atom stereocenters. The number of aliphatic carboxylic acids is 1. The van der Waals surface area contributed by atoms with Gasteiger partial charge in [0.05, 0.1) is 58.2 Å². The Balaban J connectivity index is 1.72. The predicted molar refractivity (Wildman–Crippen MR) is 171 cm³/mol. The van der Waals surface area contributed by atoms with Crippen molar-refractivity contribution in [2.45, 2.75) is 59.5 Å². The van der Waals surface area contributed by atoms with Gasteiger partial charge in [-0.05, 0) is 74.1 Å². The number of hydrogen-bond donors (Lipinski definition) is 2. The van der Waals surface area contributed by atoms with Crippen molar-refractivity contribution < 1.29 is 29.3 Å². The lowest BCUT2D eigenvalue weighted by Crippen LogP contribution is -2.46. The van der Waals surface area contributed by atoms with E-state index in [1.807, 2.05) is 45.9 Å². The number of allylic oxidation sites excluding steroid dienone is 10. The van der Waals surface area contributed by atoms with E-state index >= 15 is 0 Å². The summed E-state index contributed by atoms with van der Waals surface area (Å²) in [5, 5.41) is 21.5. The summed E-state index contributed by atoms with van der Waals surface area (Å²) in [6.07, 6.45) is 8.03. The number of aliphatic hydroxyl groups is 1. The third-order valence-electron chi connectivity index (χ3n) is 9.54. The molecule has 2 N–H and O–H groups in total. The van der Waals surface area contributed by atoms with E-state index in [4.69, 9.17) is 24.7 Å². The quantitative estimate of drug-likeness (QED) is 0.325. The van der Waals surface area contributed by atoms with Crippen LogP contribution in [0, 0.1) is 11.8 Å². The molecule has 6 rings (SSSR count). The highest BCUT2D eigenvalue weighted by Gasteiger charge is 2.62. The summed E-state index contributed by atoms with van der Waals surface area (Å²) in [4.78, 5) is 58.7. The van der Waals surface area contributed by atoms with Gasteiger partial charge in [0, 0.05) is 29.5 Å². The number of fused-ring (bicyclic) bond motifs is 4. The second-order valence-corrected chi connectivity index (χ2v) is 11.9. The average molecular weight is 607 g/mol. The summed E-state index contributed by atoms with van der Waals surface area (Å²) in [7, 11) is 1.10. The summed E-state index contributed by atoms with van der Waals surface area (Å²) in [5.41, 5.74) is 5.85. The van der Waals surface area contributed by atoms with Crippen molar-refractivity contribution in [2.24, 2.45) is 31.8 Å². The molecule has 230 valence electrons. The van der Waals surface area contributed by atoms with Crippen LogP contribution in [0.1, 0.15) is 53.9 Å². The summed E-state index contributed by atoms with van der Waals surface area (Å²) in [6, 6.07) is 0. The van der Waals surface area contributed by atoms with Crippen molar-refractivity contribution in [3.8, 4) is 0 Å². The number of carboxylic acid groups (broad SMARTS) is 1. The maximum absolute atomic E-state index is 14.0. The molecule has 0 aromatic heterocycles. The van der Waals surface area contributed by atoms with Crippen LogP contribution >= 0.6 is 0 Å². The van der Waals surface area contributed by atoms with Crippen molar-refractivity contribution in [3.05, 3.63) is 92.7 Å². The lowest BCUT2D eigenvalue weighted by atomic mass is 9.82. The second-order valence-electron chi connectivity index (χ2n) is 11.9. The van der Waals surface area contributed by atoms with Gasteiger partial charge in [0.1, 0.15) is 0 Å². The van der Waals surface area contributed by atoms with E-state index < -0.39 is 29.2 Å². The Kier molecular flexibility index (Phi) is 7.16. The smallest absolute Gasteiger partial charge is 0.351 e. The zero-order chi connectivity index (χ0) is 32.5. The van der Waals surface area contributed by atoms with Crippen molar-refractivity contribution in [1.29, 1.82) is 0 Å². The Labute approximate surface area is 260 Å². The monoisotopic (exact) mass is 606 g/mol. The van der Waals surface area contributed by atoms with Gasteiger partial charge in [-0.2, -0.15) is 0 Å². The number of esters is 1. The lowest BCUT2D eigenvalue weighted by molar-refractivity contribution is -0.161. The maximum Gasteiger partial charge on any atom is 0.351 e. The van der Waals surface area contributed by atoms with Crippen molar-refractivity contribution in [3.63, 3.8) is 0 Å². The minimum absolute atomic E-state index is 0.0640. The van der Waals surface area contributed by atoms with Gasteiger partial charge in [0.25, 0.3) is 5.60 Å². The van der Waals surface area contributed by atoms with Gasteiger partial charge in [0.15, 0.2) is 0 Å². The lowest BCUT2D eigenvalue weighted by Gasteiger charge is -2.24. The first kappa shape index (κ1) is 30.2. The van der Waals surface area contributed by atoms with Crippen LogP contribution in [0.15, 0.2) is 113 Å². The van der Waals surface area contributed by atoms with E-state index in [9.17, 15) is 24.6 Å². The van der Waals surface area contributed by atoms with E-state index in [1.54, 1.807) is 13.0 Å². The Bertz CT molecular complexity index is 1900. The van der Waals surface area contributed by atoms with Gasteiger partial charge in [0.2, 0.25) is 5.78 Å². The van der Waals surface area contributed by atoms with Crippen LogP contribution in [-0.2, 0) is 19.1 Å². The molecule has 10 heteroatoms. The van der Waals surface area contributed by atoms with E-state index in [2.05, 4.69) is 6.58 Å². The largest absolute Gasteiger partial charge is 0.481 e. The molecular weight excluding hydrogens is 572 g/mol. The van der Waals surface area contributed by atoms with Gasteiger partial charge in [-0.15, -0.1) is 0 Å². The number of ketones is 1. The number of aliphatic imine (C=N–C) groups is 4. The van der Waals surface area contributed by atoms with E-state index in [-0.39, 0.29) is 41.3 Å². The predicted octanol–water partition coefficient (Wildman–Crippen LogP) is 4.87. The number of Topliss-reactive ketones (excluding diaryl/α,β-unsaturated/α-hetero) is 1. The summed E-state index contributed by atoms with van der Waals surface area (Å²) >= 11 is 0. The van der Waals surface area contributed by atoms with E-state index in [0.29, 0.717) is 40.5 Å². The SMILES string of the molecule is C=CC1=C(C)C2=CC3=NC(=C4C5=NC(=CC6=NC(=CC1=N2)C(C)=C6CC)C(C)=C5C(=O)[C@@]4(O)C(=O)OC)[C@H](CCC(=O)O)[C@H]3C. The second kappa shape index (κ2) is 10.7. The standard InChI is InChI=1S/C35H34N4O6/c1-8-19-15(3)22-12-24-17(5)21(10-11-28(40)41)31(38-24)30-32-29(33(42)35(30,44)34(43)45-7)18(6)25(39-32)14-27-20(9-2)16(4)23(37-27)13-26(19)36-22/h8,12-14,17,21,44H,1,9-11H2,2-7H3,(H,40,41)/t17-,21-,35-/m1/s1. The van der Waals surface area contributed by atoms with Gasteiger partial charge >= 0.3 is 11.9 Å². The van der Waals surface area contributed by atoms with Crippen LogP contribution in [0.4, 0.5) is 0 Å². The minimum Gasteiger partial charge on any atom is -0.481 e. The molecule has 1 fully saturated rings. The number of nitrogens with zero attached hydrogens (tertiary/aromatic N) is 4. The fourth-order valence-electron chi connectivity index (χ4n) is 6.96. The Morgan fingerprint density at radius 1 is 1.00 bits per heavy atom. The number of rotatable bonds is 6. The van der Waals surface area contributed by atoms with Crippen LogP contribution in [0.2, 0.25) is 0 Å². The molecule has 10 nitrogen and oxygen atoms in total. The van der Waals surface area contributed by atoms with Gasteiger partial charge in [-0.1, -0.05) is 26.5 Å². The molecule has 6 aliphatic rings. The highest BCUT2D eigenvalue weighted by Crippen LogP contribution is 2.49. The molecule has 1 saturated carbocycles. The maximum atomic E-state index is 14.0. The molecule has 3 atom stereocenters. The molecule has 0 aromatic carbocycles. The first-order valence-corrected chi connectivity index (χ1v) is 15.0. The number of ether oxygens (including phenoxy) is 1. The Morgan fingerprint density at radius 3 is 2.29 bits per heavy atom. The third-order valence-corrected chi connectivity index (χ3v) is 9.54. The number of carboxylic acids is 1. The average Bonchev–Trinajstić information content (AvgIpc) is 3.72. The zero-order valence-corrected chi connectivity index (χ0v) is 26.1. The van der Waals surface area contributed by atoms with Crippen LogP contribution in [0.25, 0.3) is 0 Å². The minimum atomic E-state index is -2.69. The van der Waals surface area contributed by atoms with Crippen LogP contribution in [0.3, 0.4) is 0 Å². The van der Waals surface area contributed by atoms with Crippen molar-refractivity contribution in [2.75, 3.05) is 7.11 Å². The Morgan fingerprint density at radius 2 is 1.64 bits per heavy atom. The molecule has 0 radical (unpaired) electrons. The van der Waals surface area contributed by atoms with E-state index in [0.717, 1.165) is 35.1 Å². The highest BCUT2D eigenvalue weighted by atomic mass is 16.5. The van der Waals surface area contributed by atoms with E-state index in [1.165, 1.54) is 0 Å². The number of hydrogen-bond acceptors (Lipinski definition) is 9. The zero-order valence-electron chi connectivity index (χ0n) is 26.1. The van der Waals surface area contributed by atoms with Crippen molar-refractivity contribution in [1.82, 2.24) is 0 Å². The van der Waals surface area contributed by atoms with Crippen LogP contribution < -0.4 is 0 Å². The highest BCUT2D eigenvalue weighted by molar-refractivity contribution is 6.46. The van der Waals surface area contributed by atoms with Gasteiger partial charge in [-0.3, -0.25) is 14.6 Å². The summed E-state index contributed by atoms with van der Waals surface area (Å²) in [5.74, 6) is -3.89. The fraction of sp³-hybridized carbons (Fsp3) is 0.343. The van der Waals surface area contributed by atoms with Crippen LogP contribution in [0.5, 0.6) is 0 Å². The first-order chi connectivity index (χ1) is 21.4. The topological polar surface area (TPSA) is 150 Å². The molecule has 5 aliphatic heterocycles. The van der Waals surface area contributed by atoms with Gasteiger partial charge < -0.3 is 14.9 Å². The van der Waals surface area contributed by atoms with Gasteiger partial charge in [-0.25, -0.2) is 19.8 Å². The molecule has 1 aliphatic carbocycles. The normalized spacial score (nSPS) is 27.0. The molecule has 5 heterocycles. The Hall–Kier alpha value is -4.83. The third kappa shape index (κ3) is 4.30. The molecule has 0 aromatic rings. The van der Waals surface area contributed by atoms with Crippen molar-refractivity contribution >= 4 is 40.6 Å². The van der Waals surface area contributed by atoms with Crippen LogP contribution in [-0.4, -0.2) is 63.5 Å². The molecule has 8 bridgehead atoms. The number of carbonyl (C=O) groups excluding carboxylic acids is 2. The molecule has 0 spiro atoms. The molecule has 45 heavy (non-hydrogen) atoms. The first-order valence-electron chi connectivity index (χ1n) is 15.0. The number of carbonyl (C=O) groups is 3. The summed E-state index contributed by atoms with van der Waals surface area (Å²) < 4.78 is 4.97. The molecule has 0 amide bonds. The summed E-state index contributed by atoms with van der Waals surface area (Å²) in [6.45, 7) is 13.7. The fourth-order valence-corrected chi connectivity index (χ4v) is 6.96. The molecular formula is C35H34N4O6. The molecule has 0 saturated heterocycles. The number of methoxy groups -OCH3 is 1.